The van der Waals surface area contributed by atoms with Gasteiger partial charge in [0.15, 0.2) is 0 Å². The van der Waals surface area contributed by atoms with Gasteiger partial charge in [-0.25, -0.2) is 0 Å². The second-order valence-electron chi connectivity index (χ2n) is 5.66. The Kier molecular flexibility index (Phi) is 4.79. The standard InChI is InChI=1S/C16H25NO/c1-12-6-8-15(9-7-12)18-16(11-17)14-5-3-4-13(2)10-14/h3-5,10,12,15-16H,6-9,11,17H2,1-2H3. The van der Waals surface area contributed by atoms with Crippen molar-refractivity contribution in [2.75, 3.05) is 6.54 Å². The first-order valence-electron chi connectivity index (χ1n) is 7.11. The highest BCUT2D eigenvalue weighted by Gasteiger charge is 2.22. The average Bonchev–Trinajstić information content (AvgIpc) is 2.38. The van der Waals surface area contributed by atoms with Gasteiger partial charge in [0.05, 0.1) is 12.2 Å². The highest BCUT2D eigenvalue weighted by Crippen LogP contribution is 2.29. The van der Waals surface area contributed by atoms with E-state index in [2.05, 4.69) is 38.1 Å². The molecule has 0 aromatic heterocycles. The van der Waals surface area contributed by atoms with E-state index in [9.17, 15) is 0 Å². The molecule has 2 nitrogen and oxygen atoms in total. The van der Waals surface area contributed by atoms with Crippen LogP contribution in [-0.2, 0) is 4.74 Å². The molecule has 2 heteroatoms. The van der Waals surface area contributed by atoms with E-state index in [0.29, 0.717) is 12.6 Å². The largest absolute Gasteiger partial charge is 0.369 e. The summed E-state index contributed by atoms with van der Waals surface area (Å²) in [6.07, 6.45) is 5.40. The Morgan fingerprint density at radius 2 is 2.00 bits per heavy atom. The van der Waals surface area contributed by atoms with Gasteiger partial charge < -0.3 is 10.5 Å². The van der Waals surface area contributed by atoms with Crippen LogP contribution in [0, 0.1) is 12.8 Å². The monoisotopic (exact) mass is 247 g/mol. The van der Waals surface area contributed by atoms with Gasteiger partial charge in [0, 0.05) is 6.54 Å². The first-order valence-corrected chi connectivity index (χ1v) is 7.11. The molecule has 0 saturated heterocycles. The second-order valence-corrected chi connectivity index (χ2v) is 5.66. The van der Waals surface area contributed by atoms with Crippen molar-refractivity contribution in [1.82, 2.24) is 0 Å². The Bertz CT molecular complexity index is 369. The van der Waals surface area contributed by atoms with Gasteiger partial charge in [-0.3, -0.25) is 0 Å². The molecule has 0 heterocycles. The van der Waals surface area contributed by atoms with Crippen LogP contribution in [0.15, 0.2) is 24.3 Å². The topological polar surface area (TPSA) is 35.2 Å². The summed E-state index contributed by atoms with van der Waals surface area (Å²) in [7, 11) is 0. The number of aryl methyl sites for hydroxylation is 1. The lowest BCUT2D eigenvalue weighted by Gasteiger charge is -2.30. The normalized spacial score (nSPS) is 25.9. The van der Waals surface area contributed by atoms with Crippen molar-refractivity contribution < 1.29 is 4.74 Å². The molecule has 100 valence electrons. The van der Waals surface area contributed by atoms with E-state index in [0.717, 1.165) is 5.92 Å². The summed E-state index contributed by atoms with van der Waals surface area (Å²) in [6.45, 7) is 5.01. The lowest BCUT2D eigenvalue weighted by Crippen LogP contribution is -2.26. The maximum Gasteiger partial charge on any atom is 0.0950 e. The summed E-state index contributed by atoms with van der Waals surface area (Å²) in [6, 6.07) is 8.50. The van der Waals surface area contributed by atoms with Crippen LogP contribution in [0.3, 0.4) is 0 Å². The van der Waals surface area contributed by atoms with Crippen molar-refractivity contribution in [2.45, 2.75) is 51.7 Å². The molecule has 1 aliphatic rings. The van der Waals surface area contributed by atoms with E-state index in [1.54, 1.807) is 0 Å². The predicted molar refractivity (Wildman–Crippen MR) is 75.5 cm³/mol. The Labute approximate surface area is 111 Å². The number of hydrogen-bond donors (Lipinski definition) is 1. The minimum atomic E-state index is 0.0586. The van der Waals surface area contributed by atoms with Crippen molar-refractivity contribution in [3.8, 4) is 0 Å². The summed E-state index contributed by atoms with van der Waals surface area (Å²) in [4.78, 5) is 0. The number of rotatable bonds is 4. The Balaban J connectivity index is 1.97. The molecule has 1 atom stereocenters. The van der Waals surface area contributed by atoms with Crippen molar-refractivity contribution in [1.29, 1.82) is 0 Å². The van der Waals surface area contributed by atoms with Crippen LogP contribution in [0.2, 0.25) is 0 Å². The van der Waals surface area contributed by atoms with Crippen LogP contribution in [0.5, 0.6) is 0 Å². The Morgan fingerprint density at radius 1 is 1.28 bits per heavy atom. The molecule has 1 unspecified atom stereocenters. The molecule has 1 aromatic carbocycles. The molecule has 0 amide bonds. The van der Waals surface area contributed by atoms with Crippen LogP contribution in [0.1, 0.15) is 49.8 Å². The lowest BCUT2D eigenvalue weighted by molar-refractivity contribution is -0.0328. The quantitative estimate of drug-likeness (QED) is 0.882. The number of nitrogens with two attached hydrogens (primary N) is 1. The fourth-order valence-electron chi connectivity index (χ4n) is 2.74. The van der Waals surface area contributed by atoms with E-state index in [-0.39, 0.29) is 6.10 Å². The summed E-state index contributed by atoms with van der Waals surface area (Å²) in [5, 5.41) is 0. The molecule has 1 fully saturated rings. The van der Waals surface area contributed by atoms with Crippen LogP contribution in [0.4, 0.5) is 0 Å². The van der Waals surface area contributed by atoms with Crippen LogP contribution >= 0.6 is 0 Å². The molecule has 1 saturated carbocycles. The summed E-state index contributed by atoms with van der Waals surface area (Å²) in [5.74, 6) is 0.861. The van der Waals surface area contributed by atoms with Crippen molar-refractivity contribution >= 4 is 0 Å². The van der Waals surface area contributed by atoms with Crippen LogP contribution in [0.25, 0.3) is 0 Å². The highest BCUT2D eigenvalue weighted by molar-refractivity contribution is 5.24. The van der Waals surface area contributed by atoms with Gasteiger partial charge >= 0.3 is 0 Å². The van der Waals surface area contributed by atoms with E-state index in [1.165, 1.54) is 36.8 Å². The molecule has 0 spiro atoms. The molecular weight excluding hydrogens is 222 g/mol. The molecule has 0 radical (unpaired) electrons. The van der Waals surface area contributed by atoms with E-state index < -0.39 is 0 Å². The predicted octanol–water partition coefficient (Wildman–Crippen LogP) is 3.59. The zero-order chi connectivity index (χ0) is 13.0. The van der Waals surface area contributed by atoms with Gasteiger partial charge in [-0.2, -0.15) is 0 Å². The van der Waals surface area contributed by atoms with Gasteiger partial charge in [-0.1, -0.05) is 36.8 Å². The third-order valence-electron chi connectivity index (χ3n) is 3.95. The second kappa shape index (κ2) is 6.35. The first-order chi connectivity index (χ1) is 8.69. The fraction of sp³-hybridized carbons (Fsp3) is 0.625. The summed E-state index contributed by atoms with van der Waals surface area (Å²) < 4.78 is 6.20. The maximum absolute atomic E-state index is 6.20. The summed E-state index contributed by atoms with van der Waals surface area (Å²) in [5.41, 5.74) is 8.36. The molecular formula is C16H25NO. The molecule has 2 N–H and O–H groups in total. The smallest absolute Gasteiger partial charge is 0.0950 e. The number of benzene rings is 1. The maximum atomic E-state index is 6.20. The van der Waals surface area contributed by atoms with Gasteiger partial charge in [0.1, 0.15) is 0 Å². The molecule has 2 rings (SSSR count). The third kappa shape index (κ3) is 3.56. The van der Waals surface area contributed by atoms with Crippen molar-refractivity contribution in [3.63, 3.8) is 0 Å². The zero-order valence-corrected chi connectivity index (χ0v) is 11.6. The minimum Gasteiger partial charge on any atom is -0.369 e. The van der Waals surface area contributed by atoms with E-state index >= 15 is 0 Å². The number of ether oxygens (including phenoxy) is 1. The van der Waals surface area contributed by atoms with Gasteiger partial charge in [-0.15, -0.1) is 0 Å². The van der Waals surface area contributed by atoms with Gasteiger partial charge in [0.25, 0.3) is 0 Å². The van der Waals surface area contributed by atoms with Crippen LogP contribution < -0.4 is 5.73 Å². The molecule has 0 bridgehead atoms. The number of hydrogen-bond acceptors (Lipinski definition) is 2. The van der Waals surface area contributed by atoms with E-state index in [4.69, 9.17) is 10.5 Å². The van der Waals surface area contributed by atoms with Gasteiger partial charge in [0.2, 0.25) is 0 Å². The Morgan fingerprint density at radius 3 is 2.61 bits per heavy atom. The van der Waals surface area contributed by atoms with Crippen molar-refractivity contribution in [3.05, 3.63) is 35.4 Å². The Hall–Kier alpha value is -0.860. The average molecular weight is 247 g/mol. The highest BCUT2D eigenvalue weighted by atomic mass is 16.5. The van der Waals surface area contributed by atoms with Gasteiger partial charge in [-0.05, 0) is 44.1 Å². The molecule has 18 heavy (non-hydrogen) atoms. The third-order valence-corrected chi connectivity index (χ3v) is 3.95. The zero-order valence-electron chi connectivity index (χ0n) is 11.6. The lowest BCUT2D eigenvalue weighted by atomic mass is 9.89. The van der Waals surface area contributed by atoms with E-state index in [1.807, 2.05) is 0 Å². The van der Waals surface area contributed by atoms with Crippen LogP contribution in [-0.4, -0.2) is 12.6 Å². The molecule has 0 aliphatic heterocycles. The fourth-order valence-corrected chi connectivity index (χ4v) is 2.74. The first kappa shape index (κ1) is 13.6. The summed E-state index contributed by atoms with van der Waals surface area (Å²) >= 11 is 0. The molecule has 1 aliphatic carbocycles. The van der Waals surface area contributed by atoms with Crippen molar-refractivity contribution in [2.24, 2.45) is 11.7 Å². The SMILES string of the molecule is Cc1cccc(C(CN)OC2CCC(C)CC2)c1. The molecule has 1 aromatic rings. The minimum absolute atomic E-state index is 0.0586.